The van der Waals surface area contributed by atoms with E-state index >= 15 is 0 Å². The molecule has 0 radical (unpaired) electrons. The van der Waals surface area contributed by atoms with Gasteiger partial charge in [-0.2, -0.15) is 5.10 Å². The van der Waals surface area contributed by atoms with Gasteiger partial charge in [0.05, 0.1) is 24.6 Å². The molecule has 6 heteroatoms. The third kappa shape index (κ3) is 3.52. The SMILES string of the molecule is COc1ccc(NC(=O)c2cnn(-c3ccc(Cl)cc3)c2)cc1. The second-order valence-corrected chi connectivity index (χ2v) is 5.27. The number of carbonyl (C=O) groups excluding carboxylic acids is 1. The Hall–Kier alpha value is -2.79. The van der Waals surface area contributed by atoms with Gasteiger partial charge in [0.25, 0.3) is 5.91 Å². The molecular formula is C17H14ClN3O2. The van der Waals surface area contributed by atoms with Crippen molar-refractivity contribution < 1.29 is 9.53 Å². The largest absolute Gasteiger partial charge is 0.497 e. The lowest BCUT2D eigenvalue weighted by atomic mass is 10.2. The van der Waals surface area contributed by atoms with Crippen LogP contribution < -0.4 is 10.1 Å². The van der Waals surface area contributed by atoms with E-state index in [1.165, 1.54) is 6.20 Å². The minimum atomic E-state index is -0.226. The van der Waals surface area contributed by atoms with Gasteiger partial charge in [-0.1, -0.05) is 11.6 Å². The van der Waals surface area contributed by atoms with Crippen molar-refractivity contribution >= 4 is 23.2 Å². The highest BCUT2D eigenvalue weighted by Crippen LogP contribution is 2.17. The zero-order valence-electron chi connectivity index (χ0n) is 12.4. The molecule has 0 spiro atoms. The van der Waals surface area contributed by atoms with Crippen molar-refractivity contribution in [1.82, 2.24) is 9.78 Å². The fourth-order valence-electron chi connectivity index (χ4n) is 2.05. The van der Waals surface area contributed by atoms with Gasteiger partial charge < -0.3 is 10.1 Å². The first kappa shape index (κ1) is 15.1. The molecule has 0 fully saturated rings. The zero-order chi connectivity index (χ0) is 16.2. The Balaban J connectivity index is 1.74. The maximum Gasteiger partial charge on any atom is 0.258 e. The van der Waals surface area contributed by atoms with Crippen LogP contribution in [0, 0.1) is 0 Å². The fourth-order valence-corrected chi connectivity index (χ4v) is 2.18. The number of benzene rings is 2. The number of anilines is 1. The number of methoxy groups -OCH3 is 1. The predicted molar refractivity (Wildman–Crippen MR) is 89.5 cm³/mol. The molecule has 0 saturated carbocycles. The molecule has 1 N–H and O–H groups in total. The summed E-state index contributed by atoms with van der Waals surface area (Å²) < 4.78 is 6.71. The number of hydrogen-bond acceptors (Lipinski definition) is 3. The van der Waals surface area contributed by atoms with E-state index in [1.807, 2.05) is 12.1 Å². The summed E-state index contributed by atoms with van der Waals surface area (Å²) in [5.74, 6) is 0.508. The number of carbonyl (C=O) groups is 1. The molecule has 5 nitrogen and oxygen atoms in total. The first-order chi connectivity index (χ1) is 11.2. The summed E-state index contributed by atoms with van der Waals surface area (Å²) in [6.07, 6.45) is 3.19. The summed E-state index contributed by atoms with van der Waals surface area (Å²) in [4.78, 5) is 12.3. The smallest absolute Gasteiger partial charge is 0.258 e. The van der Waals surface area contributed by atoms with Crippen molar-refractivity contribution in [3.8, 4) is 11.4 Å². The Labute approximate surface area is 138 Å². The van der Waals surface area contributed by atoms with Crippen molar-refractivity contribution in [3.63, 3.8) is 0 Å². The molecule has 2 aromatic carbocycles. The van der Waals surface area contributed by atoms with E-state index in [9.17, 15) is 4.79 Å². The minimum Gasteiger partial charge on any atom is -0.497 e. The van der Waals surface area contributed by atoms with Crippen LogP contribution in [0.25, 0.3) is 5.69 Å². The van der Waals surface area contributed by atoms with Gasteiger partial charge in [0.2, 0.25) is 0 Å². The van der Waals surface area contributed by atoms with Crippen LogP contribution in [0.1, 0.15) is 10.4 Å². The Bertz CT molecular complexity index is 811. The molecule has 0 unspecified atom stereocenters. The molecule has 1 amide bonds. The highest BCUT2D eigenvalue weighted by Gasteiger charge is 2.10. The topological polar surface area (TPSA) is 56.1 Å². The number of rotatable bonds is 4. The van der Waals surface area contributed by atoms with E-state index in [2.05, 4.69) is 10.4 Å². The number of ether oxygens (including phenoxy) is 1. The molecule has 0 atom stereocenters. The molecular weight excluding hydrogens is 314 g/mol. The lowest BCUT2D eigenvalue weighted by Crippen LogP contribution is -2.10. The van der Waals surface area contributed by atoms with Crippen molar-refractivity contribution in [3.05, 3.63) is 71.5 Å². The maximum atomic E-state index is 12.3. The number of hydrogen-bond donors (Lipinski definition) is 1. The van der Waals surface area contributed by atoms with Gasteiger partial charge in [-0.05, 0) is 48.5 Å². The quantitative estimate of drug-likeness (QED) is 0.793. The van der Waals surface area contributed by atoms with Crippen molar-refractivity contribution in [2.24, 2.45) is 0 Å². The zero-order valence-corrected chi connectivity index (χ0v) is 13.1. The van der Waals surface area contributed by atoms with Crippen molar-refractivity contribution in [2.75, 3.05) is 12.4 Å². The Morgan fingerprint density at radius 3 is 2.48 bits per heavy atom. The lowest BCUT2D eigenvalue weighted by Gasteiger charge is -2.05. The van der Waals surface area contributed by atoms with Gasteiger partial charge in [-0.15, -0.1) is 0 Å². The normalized spacial score (nSPS) is 10.3. The van der Waals surface area contributed by atoms with Crippen LogP contribution in [0.4, 0.5) is 5.69 Å². The molecule has 3 aromatic rings. The van der Waals surface area contributed by atoms with Crippen LogP contribution in [-0.4, -0.2) is 22.8 Å². The molecule has 0 aliphatic heterocycles. The molecule has 0 bridgehead atoms. The van der Waals surface area contributed by atoms with E-state index in [-0.39, 0.29) is 5.91 Å². The van der Waals surface area contributed by atoms with E-state index in [4.69, 9.17) is 16.3 Å². The summed E-state index contributed by atoms with van der Waals surface area (Å²) in [6.45, 7) is 0. The predicted octanol–water partition coefficient (Wildman–Crippen LogP) is 3.79. The standard InChI is InChI=1S/C17H14ClN3O2/c1-23-16-8-4-14(5-9-16)20-17(22)12-10-19-21(11-12)15-6-2-13(18)3-7-15/h2-11H,1H3,(H,20,22). The molecule has 1 heterocycles. The molecule has 3 rings (SSSR count). The molecule has 0 saturated heterocycles. The number of aromatic nitrogens is 2. The highest BCUT2D eigenvalue weighted by molar-refractivity contribution is 6.30. The molecule has 23 heavy (non-hydrogen) atoms. The van der Waals surface area contributed by atoms with Crippen LogP contribution in [0.3, 0.4) is 0 Å². The molecule has 1 aromatic heterocycles. The van der Waals surface area contributed by atoms with Gasteiger partial charge in [0.1, 0.15) is 5.75 Å². The number of amides is 1. The van der Waals surface area contributed by atoms with E-state index in [0.29, 0.717) is 16.3 Å². The second kappa shape index (κ2) is 6.54. The summed E-state index contributed by atoms with van der Waals surface area (Å²) in [7, 11) is 1.60. The minimum absolute atomic E-state index is 0.226. The maximum absolute atomic E-state index is 12.3. The van der Waals surface area contributed by atoms with Gasteiger partial charge in [-0.3, -0.25) is 4.79 Å². The highest BCUT2D eigenvalue weighted by atomic mass is 35.5. The van der Waals surface area contributed by atoms with Crippen LogP contribution >= 0.6 is 11.6 Å². The lowest BCUT2D eigenvalue weighted by molar-refractivity contribution is 0.102. The summed E-state index contributed by atoms with van der Waals surface area (Å²) >= 11 is 5.86. The first-order valence-electron chi connectivity index (χ1n) is 6.92. The van der Waals surface area contributed by atoms with Gasteiger partial charge in [-0.25, -0.2) is 4.68 Å². The molecule has 0 aliphatic rings. The summed E-state index contributed by atoms with van der Waals surface area (Å²) in [6, 6.07) is 14.3. The monoisotopic (exact) mass is 327 g/mol. The summed E-state index contributed by atoms with van der Waals surface area (Å²) in [5.41, 5.74) is 1.99. The Morgan fingerprint density at radius 2 is 1.83 bits per heavy atom. The third-order valence-corrected chi connectivity index (χ3v) is 3.54. The first-order valence-corrected chi connectivity index (χ1v) is 7.29. The Kier molecular flexibility index (Phi) is 4.30. The van der Waals surface area contributed by atoms with Crippen LogP contribution in [-0.2, 0) is 0 Å². The third-order valence-electron chi connectivity index (χ3n) is 3.28. The second-order valence-electron chi connectivity index (χ2n) is 4.83. The van der Waals surface area contributed by atoms with Crippen molar-refractivity contribution in [2.45, 2.75) is 0 Å². The molecule has 0 aliphatic carbocycles. The van der Waals surface area contributed by atoms with Crippen LogP contribution in [0.2, 0.25) is 5.02 Å². The van der Waals surface area contributed by atoms with Gasteiger partial charge >= 0.3 is 0 Å². The van der Waals surface area contributed by atoms with Gasteiger partial charge in [0.15, 0.2) is 0 Å². The number of halogens is 1. The van der Waals surface area contributed by atoms with Crippen LogP contribution in [0.5, 0.6) is 5.75 Å². The average molecular weight is 328 g/mol. The average Bonchev–Trinajstić information content (AvgIpc) is 3.06. The van der Waals surface area contributed by atoms with E-state index in [0.717, 1.165) is 11.4 Å². The van der Waals surface area contributed by atoms with E-state index in [1.54, 1.807) is 54.4 Å². The summed E-state index contributed by atoms with van der Waals surface area (Å²) in [5, 5.41) is 7.66. The Morgan fingerprint density at radius 1 is 1.13 bits per heavy atom. The number of nitrogens with zero attached hydrogens (tertiary/aromatic N) is 2. The van der Waals surface area contributed by atoms with Crippen molar-refractivity contribution in [1.29, 1.82) is 0 Å². The van der Waals surface area contributed by atoms with E-state index < -0.39 is 0 Å². The fraction of sp³-hybridized carbons (Fsp3) is 0.0588. The molecule has 116 valence electrons. The van der Waals surface area contributed by atoms with Gasteiger partial charge in [0, 0.05) is 16.9 Å². The van der Waals surface area contributed by atoms with Crippen LogP contribution in [0.15, 0.2) is 60.9 Å². The number of nitrogens with one attached hydrogen (secondary N) is 1.